The van der Waals surface area contributed by atoms with E-state index in [1.165, 1.54) is 0 Å². The summed E-state index contributed by atoms with van der Waals surface area (Å²) >= 11 is 0. The molecule has 2 fully saturated rings. The Balaban J connectivity index is 1.48. The molecule has 0 radical (unpaired) electrons. The summed E-state index contributed by atoms with van der Waals surface area (Å²) in [5.74, 6) is 0.723. The molecule has 1 N–H and O–H groups in total. The third kappa shape index (κ3) is 2.51. The standard InChI is InChI=1S/C18H21N3O3/c1-12-4-2-5-13(8-12)16-19-15(24-20-16)10-21-9-14-6-3-7-18(14,11-21)17(22)23/h2,4-5,8,14H,3,6-7,9-11H2,1H3,(H,22,23)/t14-,18+/m0/s1. The first kappa shape index (κ1) is 15.3. The van der Waals surface area contributed by atoms with E-state index in [0.29, 0.717) is 24.8 Å². The van der Waals surface area contributed by atoms with Crippen molar-refractivity contribution in [2.24, 2.45) is 11.3 Å². The lowest BCUT2D eigenvalue weighted by molar-refractivity contribution is -0.149. The first-order valence-corrected chi connectivity index (χ1v) is 8.42. The van der Waals surface area contributed by atoms with Gasteiger partial charge in [0, 0.05) is 18.7 Å². The maximum absolute atomic E-state index is 11.7. The van der Waals surface area contributed by atoms with E-state index in [2.05, 4.69) is 15.0 Å². The molecule has 24 heavy (non-hydrogen) atoms. The maximum Gasteiger partial charge on any atom is 0.311 e. The van der Waals surface area contributed by atoms with Crippen LogP contribution in [0.5, 0.6) is 0 Å². The molecule has 2 aliphatic rings. The van der Waals surface area contributed by atoms with E-state index in [1.54, 1.807) is 0 Å². The van der Waals surface area contributed by atoms with Crippen molar-refractivity contribution in [3.05, 3.63) is 35.7 Å². The molecule has 2 atom stereocenters. The largest absolute Gasteiger partial charge is 0.481 e. The van der Waals surface area contributed by atoms with E-state index < -0.39 is 11.4 Å². The Labute approximate surface area is 140 Å². The molecule has 4 rings (SSSR count). The van der Waals surface area contributed by atoms with Crippen molar-refractivity contribution in [2.75, 3.05) is 13.1 Å². The molecule has 0 amide bonds. The highest BCUT2D eigenvalue weighted by atomic mass is 16.5. The number of benzene rings is 1. The normalized spacial score (nSPS) is 26.6. The fourth-order valence-electron chi connectivity index (χ4n) is 4.28. The molecule has 1 aliphatic carbocycles. The van der Waals surface area contributed by atoms with Crippen LogP contribution in [0.25, 0.3) is 11.4 Å². The molecule has 1 saturated heterocycles. The Hall–Kier alpha value is -2.21. The number of likely N-dealkylation sites (tertiary alicyclic amines) is 1. The summed E-state index contributed by atoms with van der Waals surface area (Å²) < 4.78 is 5.39. The van der Waals surface area contributed by atoms with Crippen LogP contribution in [0.2, 0.25) is 0 Å². The number of aromatic nitrogens is 2. The lowest BCUT2D eigenvalue weighted by Crippen LogP contribution is -2.35. The zero-order chi connectivity index (χ0) is 16.7. The van der Waals surface area contributed by atoms with Crippen LogP contribution in [0.1, 0.15) is 30.7 Å². The second-order valence-corrected chi connectivity index (χ2v) is 7.10. The van der Waals surface area contributed by atoms with E-state index in [4.69, 9.17) is 4.52 Å². The molecule has 1 aromatic heterocycles. The molecule has 6 heteroatoms. The summed E-state index contributed by atoms with van der Waals surface area (Å²) in [4.78, 5) is 18.4. The van der Waals surface area contributed by atoms with Crippen molar-refractivity contribution in [1.29, 1.82) is 0 Å². The summed E-state index contributed by atoms with van der Waals surface area (Å²) in [6.45, 7) is 3.92. The number of carboxylic acids is 1. The molecule has 0 spiro atoms. The van der Waals surface area contributed by atoms with Gasteiger partial charge in [0.1, 0.15) is 0 Å². The SMILES string of the molecule is Cc1cccc(-c2noc(CN3C[C@@H]4CCC[C@@]4(C(=O)O)C3)n2)c1. The van der Waals surface area contributed by atoms with E-state index >= 15 is 0 Å². The predicted octanol–water partition coefficient (Wildman–Crippen LogP) is 2.73. The molecule has 2 heterocycles. The van der Waals surface area contributed by atoms with E-state index in [-0.39, 0.29) is 5.92 Å². The Morgan fingerprint density at radius 3 is 3.12 bits per heavy atom. The van der Waals surface area contributed by atoms with Crippen LogP contribution in [0.15, 0.2) is 28.8 Å². The molecule has 6 nitrogen and oxygen atoms in total. The monoisotopic (exact) mass is 327 g/mol. The van der Waals surface area contributed by atoms with Crippen LogP contribution < -0.4 is 0 Å². The number of carbonyl (C=O) groups is 1. The van der Waals surface area contributed by atoms with Gasteiger partial charge in [-0.3, -0.25) is 9.69 Å². The van der Waals surface area contributed by atoms with Gasteiger partial charge in [0.25, 0.3) is 0 Å². The summed E-state index contributed by atoms with van der Waals surface area (Å²) in [5.41, 5.74) is 1.51. The molecule has 1 aliphatic heterocycles. The van der Waals surface area contributed by atoms with E-state index in [0.717, 1.165) is 36.9 Å². The predicted molar refractivity (Wildman–Crippen MR) is 87.2 cm³/mol. The number of nitrogens with zero attached hydrogens (tertiary/aromatic N) is 3. The van der Waals surface area contributed by atoms with Gasteiger partial charge in [-0.25, -0.2) is 0 Å². The average Bonchev–Trinajstić information content (AvgIpc) is 3.21. The zero-order valence-corrected chi connectivity index (χ0v) is 13.7. The van der Waals surface area contributed by atoms with E-state index in [1.807, 2.05) is 31.2 Å². The van der Waals surface area contributed by atoms with Crippen molar-refractivity contribution >= 4 is 5.97 Å². The van der Waals surface area contributed by atoms with Crippen LogP contribution >= 0.6 is 0 Å². The Bertz CT molecular complexity index is 772. The average molecular weight is 327 g/mol. The van der Waals surface area contributed by atoms with Crippen molar-refractivity contribution in [3.63, 3.8) is 0 Å². The third-order valence-electron chi connectivity index (χ3n) is 5.47. The van der Waals surface area contributed by atoms with Crippen LogP contribution in [0.4, 0.5) is 0 Å². The van der Waals surface area contributed by atoms with Gasteiger partial charge < -0.3 is 9.63 Å². The van der Waals surface area contributed by atoms with Crippen molar-refractivity contribution in [1.82, 2.24) is 15.0 Å². The summed E-state index contributed by atoms with van der Waals surface area (Å²) in [5, 5.41) is 13.7. The van der Waals surface area contributed by atoms with E-state index in [9.17, 15) is 9.90 Å². The number of hydrogen-bond acceptors (Lipinski definition) is 5. The fraction of sp³-hybridized carbons (Fsp3) is 0.500. The minimum atomic E-state index is -0.654. The maximum atomic E-state index is 11.7. The first-order chi connectivity index (χ1) is 11.6. The van der Waals surface area contributed by atoms with Crippen LogP contribution in [-0.2, 0) is 11.3 Å². The lowest BCUT2D eigenvalue weighted by atomic mass is 9.81. The van der Waals surface area contributed by atoms with Gasteiger partial charge in [-0.05, 0) is 31.7 Å². The van der Waals surface area contributed by atoms with Gasteiger partial charge in [-0.1, -0.05) is 35.3 Å². The van der Waals surface area contributed by atoms with Crippen LogP contribution in [0.3, 0.4) is 0 Å². The minimum Gasteiger partial charge on any atom is -0.481 e. The topological polar surface area (TPSA) is 79.5 Å². The van der Waals surface area contributed by atoms with Crippen LogP contribution in [0, 0.1) is 18.3 Å². The minimum absolute atomic E-state index is 0.245. The smallest absolute Gasteiger partial charge is 0.311 e. The molecule has 1 saturated carbocycles. The number of fused-ring (bicyclic) bond motifs is 1. The Morgan fingerprint density at radius 1 is 1.50 bits per heavy atom. The lowest BCUT2D eigenvalue weighted by Gasteiger charge is -2.23. The Kier molecular flexibility index (Phi) is 3.64. The third-order valence-corrected chi connectivity index (χ3v) is 5.47. The van der Waals surface area contributed by atoms with Gasteiger partial charge in [0.2, 0.25) is 11.7 Å². The highest BCUT2D eigenvalue weighted by Crippen LogP contribution is 2.49. The van der Waals surface area contributed by atoms with Gasteiger partial charge in [-0.2, -0.15) is 4.98 Å². The number of rotatable bonds is 4. The number of carboxylic acid groups (broad SMARTS) is 1. The summed E-state index contributed by atoms with van der Waals surface area (Å²) in [6, 6.07) is 7.98. The second-order valence-electron chi connectivity index (χ2n) is 7.10. The number of hydrogen-bond donors (Lipinski definition) is 1. The van der Waals surface area contributed by atoms with Gasteiger partial charge >= 0.3 is 5.97 Å². The van der Waals surface area contributed by atoms with Gasteiger partial charge in [-0.15, -0.1) is 0 Å². The molecule has 0 bridgehead atoms. The van der Waals surface area contributed by atoms with Gasteiger partial charge in [0.05, 0.1) is 12.0 Å². The highest BCUT2D eigenvalue weighted by Gasteiger charge is 2.54. The molecule has 126 valence electrons. The van der Waals surface area contributed by atoms with Crippen molar-refractivity contribution < 1.29 is 14.4 Å². The van der Waals surface area contributed by atoms with Crippen molar-refractivity contribution in [3.8, 4) is 11.4 Å². The van der Waals surface area contributed by atoms with Crippen LogP contribution in [-0.4, -0.2) is 39.2 Å². The molecular formula is C18H21N3O3. The molecule has 2 aromatic rings. The Morgan fingerprint density at radius 2 is 2.38 bits per heavy atom. The fourth-order valence-corrected chi connectivity index (χ4v) is 4.28. The van der Waals surface area contributed by atoms with Crippen molar-refractivity contribution in [2.45, 2.75) is 32.7 Å². The highest BCUT2D eigenvalue weighted by molar-refractivity contribution is 5.76. The zero-order valence-electron chi connectivity index (χ0n) is 13.7. The van der Waals surface area contributed by atoms with Gasteiger partial charge in [0.15, 0.2) is 0 Å². The quantitative estimate of drug-likeness (QED) is 0.930. The number of aliphatic carboxylic acids is 1. The summed E-state index contributed by atoms with van der Waals surface area (Å²) in [6.07, 6.45) is 2.80. The molecule has 0 unspecified atom stereocenters. The molecule has 1 aromatic carbocycles. The summed E-state index contributed by atoms with van der Waals surface area (Å²) in [7, 11) is 0. The number of aryl methyl sites for hydroxylation is 1. The second kappa shape index (κ2) is 5.70. The molecular weight excluding hydrogens is 306 g/mol. The first-order valence-electron chi connectivity index (χ1n) is 8.42.